The maximum Gasteiger partial charge on any atom is 0.240 e. The van der Waals surface area contributed by atoms with Gasteiger partial charge in [-0.2, -0.15) is 4.98 Å². The zero-order valence-electron chi connectivity index (χ0n) is 12.6. The van der Waals surface area contributed by atoms with E-state index >= 15 is 0 Å². The first kappa shape index (κ1) is 14.4. The molecule has 2 fully saturated rings. The van der Waals surface area contributed by atoms with Gasteiger partial charge in [0.1, 0.15) is 6.61 Å². The van der Waals surface area contributed by atoms with Gasteiger partial charge in [-0.3, -0.25) is 4.90 Å². The van der Waals surface area contributed by atoms with E-state index in [4.69, 9.17) is 15.2 Å². The molecule has 0 bridgehead atoms. The summed E-state index contributed by atoms with van der Waals surface area (Å²) in [4.78, 5) is 6.82. The molecule has 2 aliphatic rings. The standard InChI is InChI=1S/C16H25N3O2/c17-14-6-7-15(18-16(14)21-12-13-4-5-13)20-11-10-19-8-2-1-3-9-19/h6-7,13H,1-5,8-12,17H2. The summed E-state index contributed by atoms with van der Waals surface area (Å²) in [5, 5.41) is 0. The van der Waals surface area contributed by atoms with E-state index in [9.17, 15) is 0 Å². The first-order chi connectivity index (χ1) is 10.3. The van der Waals surface area contributed by atoms with Crippen molar-refractivity contribution in [3.05, 3.63) is 12.1 Å². The molecule has 1 aliphatic heterocycles. The number of rotatable bonds is 7. The van der Waals surface area contributed by atoms with Gasteiger partial charge in [-0.05, 0) is 50.8 Å². The molecule has 3 rings (SSSR count). The first-order valence-electron chi connectivity index (χ1n) is 8.06. The second-order valence-electron chi connectivity index (χ2n) is 6.05. The quantitative estimate of drug-likeness (QED) is 0.835. The maximum atomic E-state index is 5.89. The van der Waals surface area contributed by atoms with Gasteiger partial charge in [0.2, 0.25) is 11.8 Å². The van der Waals surface area contributed by atoms with Crippen molar-refractivity contribution in [3.63, 3.8) is 0 Å². The highest BCUT2D eigenvalue weighted by molar-refractivity contribution is 5.49. The summed E-state index contributed by atoms with van der Waals surface area (Å²) in [6.45, 7) is 4.72. The Morgan fingerprint density at radius 2 is 1.95 bits per heavy atom. The minimum atomic E-state index is 0.511. The minimum Gasteiger partial charge on any atom is -0.476 e. The molecule has 0 atom stereocenters. The van der Waals surface area contributed by atoms with Crippen LogP contribution >= 0.6 is 0 Å². The van der Waals surface area contributed by atoms with E-state index in [0.29, 0.717) is 36.6 Å². The Hall–Kier alpha value is -1.49. The molecule has 0 aromatic carbocycles. The lowest BCUT2D eigenvalue weighted by atomic mass is 10.1. The highest BCUT2D eigenvalue weighted by Gasteiger charge is 2.22. The molecule has 2 N–H and O–H groups in total. The van der Waals surface area contributed by atoms with Gasteiger partial charge in [-0.15, -0.1) is 0 Å². The van der Waals surface area contributed by atoms with E-state index in [1.165, 1.54) is 45.2 Å². The van der Waals surface area contributed by atoms with E-state index in [2.05, 4.69) is 9.88 Å². The third kappa shape index (κ3) is 4.49. The fourth-order valence-electron chi connectivity index (χ4n) is 2.57. The van der Waals surface area contributed by atoms with E-state index in [-0.39, 0.29) is 0 Å². The van der Waals surface area contributed by atoms with E-state index in [1.54, 1.807) is 0 Å². The molecule has 0 unspecified atom stereocenters. The van der Waals surface area contributed by atoms with E-state index in [0.717, 1.165) is 6.54 Å². The van der Waals surface area contributed by atoms with Crippen molar-refractivity contribution >= 4 is 5.69 Å². The second-order valence-corrected chi connectivity index (χ2v) is 6.05. The van der Waals surface area contributed by atoms with Crippen molar-refractivity contribution in [3.8, 4) is 11.8 Å². The Morgan fingerprint density at radius 3 is 2.71 bits per heavy atom. The van der Waals surface area contributed by atoms with Crippen LogP contribution in [-0.2, 0) is 0 Å². The summed E-state index contributed by atoms with van der Waals surface area (Å²) in [6.07, 6.45) is 6.48. The Morgan fingerprint density at radius 1 is 1.14 bits per heavy atom. The summed E-state index contributed by atoms with van der Waals surface area (Å²) in [6, 6.07) is 3.63. The average Bonchev–Trinajstić information content (AvgIpc) is 3.33. The SMILES string of the molecule is Nc1ccc(OCCN2CCCCC2)nc1OCC1CC1. The van der Waals surface area contributed by atoms with Gasteiger partial charge >= 0.3 is 0 Å². The topological polar surface area (TPSA) is 60.6 Å². The number of hydrogen-bond acceptors (Lipinski definition) is 5. The summed E-state index contributed by atoms with van der Waals surface area (Å²) < 4.78 is 11.4. The molecular formula is C16H25N3O2. The molecule has 1 aromatic heterocycles. The predicted octanol–water partition coefficient (Wildman–Crippen LogP) is 2.32. The highest BCUT2D eigenvalue weighted by Crippen LogP contribution is 2.30. The van der Waals surface area contributed by atoms with Crippen LogP contribution in [0.3, 0.4) is 0 Å². The van der Waals surface area contributed by atoms with Gasteiger partial charge < -0.3 is 15.2 Å². The van der Waals surface area contributed by atoms with Crippen molar-refractivity contribution in [2.75, 3.05) is 38.6 Å². The predicted molar refractivity (Wildman–Crippen MR) is 82.7 cm³/mol. The third-order valence-electron chi connectivity index (χ3n) is 4.12. The van der Waals surface area contributed by atoms with Crippen LogP contribution in [-0.4, -0.2) is 42.7 Å². The summed E-state index contributed by atoms with van der Waals surface area (Å²) in [5.74, 6) is 1.80. The molecular weight excluding hydrogens is 266 g/mol. The van der Waals surface area contributed by atoms with E-state index in [1.807, 2.05) is 12.1 Å². The van der Waals surface area contributed by atoms with Crippen molar-refractivity contribution in [2.24, 2.45) is 5.92 Å². The van der Waals surface area contributed by atoms with E-state index < -0.39 is 0 Å². The number of nitrogens with two attached hydrogens (primary N) is 1. The molecule has 1 saturated heterocycles. The summed E-state index contributed by atoms with van der Waals surface area (Å²) in [5.41, 5.74) is 6.47. The lowest BCUT2D eigenvalue weighted by molar-refractivity contribution is 0.179. The molecule has 2 heterocycles. The lowest BCUT2D eigenvalue weighted by Crippen LogP contribution is -2.33. The maximum absolute atomic E-state index is 5.89. The molecule has 116 valence electrons. The third-order valence-corrected chi connectivity index (χ3v) is 4.12. The number of likely N-dealkylation sites (tertiary alicyclic amines) is 1. The summed E-state index contributed by atoms with van der Waals surface area (Å²) in [7, 11) is 0. The number of nitrogens with zero attached hydrogens (tertiary/aromatic N) is 2. The van der Waals surface area contributed by atoms with Crippen LogP contribution in [0.25, 0.3) is 0 Å². The molecule has 5 nitrogen and oxygen atoms in total. The van der Waals surface area contributed by atoms with Crippen molar-refractivity contribution in [1.29, 1.82) is 0 Å². The van der Waals surface area contributed by atoms with Crippen molar-refractivity contribution in [1.82, 2.24) is 9.88 Å². The van der Waals surface area contributed by atoms with Crippen LogP contribution in [0, 0.1) is 5.92 Å². The average molecular weight is 291 g/mol. The molecule has 5 heteroatoms. The first-order valence-corrected chi connectivity index (χ1v) is 8.06. The molecule has 1 aromatic rings. The number of hydrogen-bond donors (Lipinski definition) is 1. The zero-order chi connectivity index (χ0) is 14.5. The molecule has 1 aliphatic carbocycles. The van der Waals surface area contributed by atoms with Crippen LogP contribution < -0.4 is 15.2 Å². The van der Waals surface area contributed by atoms with Crippen LogP contribution in [0.15, 0.2) is 12.1 Å². The van der Waals surface area contributed by atoms with Crippen LogP contribution in [0.4, 0.5) is 5.69 Å². The van der Waals surface area contributed by atoms with Gasteiger partial charge in [0.15, 0.2) is 0 Å². The summed E-state index contributed by atoms with van der Waals surface area (Å²) >= 11 is 0. The highest BCUT2D eigenvalue weighted by atomic mass is 16.5. The Bertz CT molecular complexity index is 457. The molecule has 1 saturated carbocycles. The monoisotopic (exact) mass is 291 g/mol. The van der Waals surface area contributed by atoms with Gasteiger partial charge in [-0.1, -0.05) is 6.42 Å². The fraction of sp³-hybridized carbons (Fsp3) is 0.688. The van der Waals surface area contributed by atoms with Crippen LogP contribution in [0.5, 0.6) is 11.8 Å². The number of nitrogen functional groups attached to an aromatic ring is 1. The number of aromatic nitrogens is 1. The van der Waals surface area contributed by atoms with Crippen LogP contribution in [0.1, 0.15) is 32.1 Å². The molecule has 0 spiro atoms. The van der Waals surface area contributed by atoms with Gasteiger partial charge in [0.25, 0.3) is 0 Å². The Labute approximate surface area is 126 Å². The molecule has 0 amide bonds. The lowest BCUT2D eigenvalue weighted by Gasteiger charge is -2.26. The van der Waals surface area contributed by atoms with Crippen molar-refractivity contribution < 1.29 is 9.47 Å². The Balaban J connectivity index is 1.46. The van der Waals surface area contributed by atoms with Crippen molar-refractivity contribution in [2.45, 2.75) is 32.1 Å². The van der Waals surface area contributed by atoms with Gasteiger partial charge in [-0.25, -0.2) is 0 Å². The normalized spacial score (nSPS) is 19.4. The second kappa shape index (κ2) is 6.98. The smallest absolute Gasteiger partial charge is 0.240 e. The Kier molecular flexibility index (Phi) is 4.80. The number of ether oxygens (including phenoxy) is 2. The number of pyridine rings is 1. The largest absolute Gasteiger partial charge is 0.476 e. The fourth-order valence-corrected chi connectivity index (χ4v) is 2.57. The van der Waals surface area contributed by atoms with Gasteiger partial charge in [0, 0.05) is 12.6 Å². The molecule has 0 radical (unpaired) electrons. The number of piperidine rings is 1. The molecule has 21 heavy (non-hydrogen) atoms. The minimum absolute atomic E-state index is 0.511. The van der Waals surface area contributed by atoms with Gasteiger partial charge in [0.05, 0.1) is 12.3 Å². The number of anilines is 1. The van der Waals surface area contributed by atoms with Crippen LogP contribution in [0.2, 0.25) is 0 Å². The zero-order valence-corrected chi connectivity index (χ0v) is 12.6.